The zero-order valence-corrected chi connectivity index (χ0v) is 13.1. The van der Waals surface area contributed by atoms with Gasteiger partial charge in [0.25, 0.3) is 5.91 Å². The number of aromatic amines is 1. The van der Waals surface area contributed by atoms with Crippen LogP contribution in [0.25, 0.3) is 22.5 Å². The molecular weight excluding hydrogens is 316 g/mol. The maximum Gasteiger partial charge on any atom is 0.273 e. The van der Waals surface area contributed by atoms with Crippen LogP contribution in [-0.4, -0.2) is 21.3 Å². The van der Waals surface area contributed by atoms with Crippen molar-refractivity contribution in [2.24, 2.45) is 0 Å². The molecule has 0 saturated carbocycles. The van der Waals surface area contributed by atoms with Crippen molar-refractivity contribution in [1.82, 2.24) is 15.4 Å². The molecule has 2 N–H and O–H groups in total. The third-order valence-corrected chi connectivity index (χ3v) is 3.75. The predicted molar refractivity (Wildman–Crippen MR) is 93.9 cm³/mol. The minimum absolute atomic E-state index is 0.257. The molecule has 2 aromatic heterocycles. The van der Waals surface area contributed by atoms with Crippen molar-refractivity contribution in [3.05, 3.63) is 78.7 Å². The van der Waals surface area contributed by atoms with Crippen LogP contribution in [0.2, 0.25) is 0 Å². The standard InChI is InChI=1S/C19H14N4O2/c24-19(18-12-17(21-22-18)13-5-2-1-3-6-13)20-15-8-4-7-14(11-15)16-9-10-25-23-16/h1-12H,(H,20,24)(H,21,22). The molecule has 0 unspecified atom stereocenters. The Morgan fingerprint density at radius 2 is 1.76 bits per heavy atom. The van der Waals surface area contributed by atoms with E-state index in [2.05, 4.69) is 20.7 Å². The number of carbonyl (C=O) groups is 1. The first-order chi connectivity index (χ1) is 12.3. The Kier molecular flexibility index (Phi) is 3.84. The molecule has 0 aliphatic carbocycles. The summed E-state index contributed by atoms with van der Waals surface area (Å²) in [6.07, 6.45) is 1.51. The van der Waals surface area contributed by atoms with Crippen molar-refractivity contribution in [2.45, 2.75) is 0 Å². The van der Waals surface area contributed by atoms with Crippen molar-refractivity contribution in [3.63, 3.8) is 0 Å². The second kappa shape index (κ2) is 6.45. The number of benzene rings is 2. The Labute approximate surface area is 143 Å². The van der Waals surface area contributed by atoms with Crippen molar-refractivity contribution >= 4 is 11.6 Å². The van der Waals surface area contributed by atoms with Gasteiger partial charge >= 0.3 is 0 Å². The van der Waals surface area contributed by atoms with E-state index in [1.54, 1.807) is 12.1 Å². The van der Waals surface area contributed by atoms with Crippen LogP contribution in [0.4, 0.5) is 5.69 Å². The maximum atomic E-state index is 12.4. The number of nitrogens with zero attached hydrogens (tertiary/aromatic N) is 2. The minimum atomic E-state index is -0.257. The predicted octanol–water partition coefficient (Wildman–Crippen LogP) is 3.98. The van der Waals surface area contributed by atoms with Crippen LogP contribution in [0, 0.1) is 0 Å². The number of nitrogens with one attached hydrogen (secondary N) is 2. The summed E-state index contributed by atoms with van der Waals surface area (Å²) in [7, 11) is 0. The minimum Gasteiger partial charge on any atom is -0.364 e. The molecule has 0 spiro atoms. The van der Waals surface area contributed by atoms with Gasteiger partial charge in [-0.05, 0) is 18.2 Å². The van der Waals surface area contributed by atoms with Gasteiger partial charge in [-0.15, -0.1) is 0 Å². The number of anilines is 1. The van der Waals surface area contributed by atoms with Crippen LogP contribution >= 0.6 is 0 Å². The molecule has 2 aromatic carbocycles. The van der Waals surface area contributed by atoms with Crippen molar-refractivity contribution in [1.29, 1.82) is 0 Å². The molecule has 4 rings (SSSR count). The fourth-order valence-corrected chi connectivity index (χ4v) is 2.51. The molecule has 122 valence electrons. The first kappa shape index (κ1) is 14.9. The molecule has 0 aliphatic rings. The first-order valence-electron chi connectivity index (χ1n) is 7.72. The Morgan fingerprint density at radius 3 is 2.56 bits per heavy atom. The van der Waals surface area contributed by atoms with Gasteiger partial charge in [0.2, 0.25) is 0 Å². The molecule has 0 saturated heterocycles. The fraction of sp³-hybridized carbons (Fsp3) is 0. The number of rotatable bonds is 4. The number of amides is 1. The van der Waals surface area contributed by atoms with Crippen LogP contribution in [0.5, 0.6) is 0 Å². The van der Waals surface area contributed by atoms with E-state index in [0.29, 0.717) is 17.1 Å². The monoisotopic (exact) mass is 330 g/mol. The van der Waals surface area contributed by atoms with Gasteiger partial charge in [0.1, 0.15) is 17.7 Å². The Morgan fingerprint density at radius 1 is 0.920 bits per heavy atom. The number of hydrogen-bond acceptors (Lipinski definition) is 4. The maximum absolute atomic E-state index is 12.4. The lowest BCUT2D eigenvalue weighted by Crippen LogP contribution is -2.12. The normalized spacial score (nSPS) is 10.6. The Bertz CT molecular complexity index is 991. The van der Waals surface area contributed by atoms with Gasteiger partial charge in [-0.1, -0.05) is 47.6 Å². The zero-order valence-electron chi connectivity index (χ0n) is 13.1. The molecular formula is C19H14N4O2. The van der Waals surface area contributed by atoms with Gasteiger partial charge in [-0.2, -0.15) is 5.10 Å². The molecule has 0 fully saturated rings. The smallest absolute Gasteiger partial charge is 0.273 e. The van der Waals surface area contributed by atoms with E-state index in [4.69, 9.17) is 4.52 Å². The lowest BCUT2D eigenvalue weighted by molar-refractivity contribution is 0.102. The molecule has 25 heavy (non-hydrogen) atoms. The second-order valence-corrected chi connectivity index (χ2v) is 5.45. The summed E-state index contributed by atoms with van der Waals surface area (Å²) < 4.78 is 4.85. The number of H-pyrrole nitrogens is 1. The average Bonchev–Trinajstić information content (AvgIpc) is 3.35. The summed E-state index contributed by atoms with van der Waals surface area (Å²) in [5.41, 5.74) is 4.31. The Hall–Kier alpha value is -3.67. The highest BCUT2D eigenvalue weighted by molar-refractivity contribution is 6.03. The van der Waals surface area contributed by atoms with E-state index >= 15 is 0 Å². The highest BCUT2D eigenvalue weighted by Gasteiger charge is 2.12. The van der Waals surface area contributed by atoms with E-state index in [1.807, 2.05) is 54.6 Å². The molecule has 6 nitrogen and oxygen atoms in total. The van der Waals surface area contributed by atoms with Gasteiger partial charge < -0.3 is 9.84 Å². The highest BCUT2D eigenvalue weighted by Crippen LogP contribution is 2.22. The van der Waals surface area contributed by atoms with Crippen LogP contribution in [0.3, 0.4) is 0 Å². The fourth-order valence-electron chi connectivity index (χ4n) is 2.51. The molecule has 0 aliphatic heterocycles. The third kappa shape index (κ3) is 3.18. The summed E-state index contributed by atoms with van der Waals surface area (Å²) >= 11 is 0. The number of hydrogen-bond donors (Lipinski definition) is 2. The number of aromatic nitrogens is 3. The van der Waals surface area contributed by atoms with Crippen molar-refractivity contribution in [3.8, 4) is 22.5 Å². The SMILES string of the molecule is O=C(Nc1cccc(-c2ccon2)c1)c1cc(-c2ccccc2)n[nH]1. The van der Waals surface area contributed by atoms with Gasteiger partial charge in [0.05, 0.1) is 5.69 Å². The topological polar surface area (TPSA) is 83.8 Å². The number of carbonyl (C=O) groups excluding carboxylic acids is 1. The second-order valence-electron chi connectivity index (χ2n) is 5.45. The average molecular weight is 330 g/mol. The molecule has 6 heteroatoms. The summed E-state index contributed by atoms with van der Waals surface area (Å²) in [5, 5.41) is 13.7. The first-order valence-corrected chi connectivity index (χ1v) is 7.72. The molecule has 4 aromatic rings. The molecule has 1 amide bonds. The van der Waals surface area contributed by atoms with E-state index in [0.717, 1.165) is 16.8 Å². The lowest BCUT2D eigenvalue weighted by atomic mass is 10.1. The van der Waals surface area contributed by atoms with E-state index in [1.165, 1.54) is 6.26 Å². The largest absolute Gasteiger partial charge is 0.364 e. The van der Waals surface area contributed by atoms with Crippen molar-refractivity contribution in [2.75, 3.05) is 5.32 Å². The van der Waals surface area contributed by atoms with Gasteiger partial charge in [0, 0.05) is 22.9 Å². The van der Waals surface area contributed by atoms with E-state index in [-0.39, 0.29) is 5.91 Å². The Balaban J connectivity index is 1.53. The quantitative estimate of drug-likeness (QED) is 0.593. The van der Waals surface area contributed by atoms with Crippen LogP contribution in [0.1, 0.15) is 10.5 Å². The van der Waals surface area contributed by atoms with E-state index in [9.17, 15) is 4.79 Å². The van der Waals surface area contributed by atoms with Gasteiger partial charge in [-0.25, -0.2) is 0 Å². The highest BCUT2D eigenvalue weighted by atomic mass is 16.5. The summed E-state index contributed by atoms with van der Waals surface area (Å²) in [6, 6.07) is 20.6. The van der Waals surface area contributed by atoms with Gasteiger partial charge in [0.15, 0.2) is 0 Å². The molecule has 2 heterocycles. The summed E-state index contributed by atoms with van der Waals surface area (Å²) in [6.45, 7) is 0. The van der Waals surface area contributed by atoms with Crippen LogP contribution in [-0.2, 0) is 0 Å². The molecule has 0 bridgehead atoms. The van der Waals surface area contributed by atoms with E-state index < -0.39 is 0 Å². The van der Waals surface area contributed by atoms with Crippen LogP contribution in [0.15, 0.2) is 77.5 Å². The van der Waals surface area contributed by atoms with Crippen molar-refractivity contribution < 1.29 is 9.32 Å². The van der Waals surface area contributed by atoms with Gasteiger partial charge in [-0.3, -0.25) is 9.89 Å². The lowest BCUT2D eigenvalue weighted by Gasteiger charge is -2.04. The van der Waals surface area contributed by atoms with Crippen LogP contribution < -0.4 is 5.32 Å². The third-order valence-electron chi connectivity index (χ3n) is 3.75. The molecule has 0 atom stereocenters. The summed E-state index contributed by atoms with van der Waals surface area (Å²) in [4.78, 5) is 12.4. The summed E-state index contributed by atoms with van der Waals surface area (Å²) in [5.74, 6) is -0.257. The molecule has 0 radical (unpaired) electrons. The zero-order chi connectivity index (χ0) is 17.1.